The number of aliphatic hydroxyl groups is 3. The van der Waals surface area contributed by atoms with Crippen LogP contribution in [0, 0.1) is 10.8 Å². The summed E-state index contributed by atoms with van der Waals surface area (Å²) in [5.74, 6) is -4.95. The molecule has 1 unspecified atom stereocenters. The van der Waals surface area contributed by atoms with Gasteiger partial charge in [-0.05, 0) is 17.8 Å². The van der Waals surface area contributed by atoms with E-state index in [1.165, 1.54) is 17.1 Å². The number of allylic oxidation sites excluding steroid dienone is 2. The Kier molecular flexibility index (Phi) is 6.70. The molecule has 0 radical (unpaired) electrons. The predicted molar refractivity (Wildman–Crippen MR) is 112 cm³/mol. The van der Waals surface area contributed by atoms with Crippen LogP contribution < -0.4 is 16.0 Å². The number of hydrogen-bond donors (Lipinski definition) is 8. The number of halogens is 3. The van der Waals surface area contributed by atoms with Gasteiger partial charge in [-0.25, -0.2) is 4.79 Å². The zero-order valence-corrected chi connectivity index (χ0v) is 17.8. The van der Waals surface area contributed by atoms with Crippen LogP contribution in [0.1, 0.15) is 0 Å². The number of hydrogen-bond acceptors (Lipinski definition) is 8. The minimum Gasteiger partial charge on any atom is -0.451 e. The first-order valence-electron chi connectivity index (χ1n) is 9.60. The maximum absolute atomic E-state index is 12.7. The molecule has 3 aliphatic heterocycles. The van der Waals surface area contributed by atoms with Crippen molar-refractivity contribution < 1.29 is 38.0 Å². The van der Waals surface area contributed by atoms with Gasteiger partial charge in [0.15, 0.2) is 23.7 Å². The van der Waals surface area contributed by atoms with Gasteiger partial charge in [0, 0.05) is 5.75 Å². The van der Waals surface area contributed by atoms with Crippen molar-refractivity contribution in [2.45, 2.75) is 35.1 Å². The fourth-order valence-corrected chi connectivity index (χ4v) is 4.48. The molecule has 3 aliphatic rings. The third-order valence-corrected chi connectivity index (χ3v) is 6.15. The van der Waals surface area contributed by atoms with Gasteiger partial charge in [-0.3, -0.25) is 10.8 Å². The highest BCUT2D eigenvalue weighted by Gasteiger charge is 2.75. The Morgan fingerprint density at radius 1 is 1.36 bits per heavy atom. The second-order valence-electron chi connectivity index (χ2n) is 7.42. The van der Waals surface area contributed by atoms with Crippen molar-refractivity contribution in [3.8, 4) is 0 Å². The van der Waals surface area contributed by atoms with Crippen LogP contribution in [0.3, 0.4) is 0 Å². The number of rotatable bonds is 7. The number of ether oxygens (including phenoxy) is 1. The van der Waals surface area contributed by atoms with Crippen molar-refractivity contribution in [1.82, 2.24) is 20.9 Å². The standard InChI is InChI=1S/C18H23F3N6O5S/c1-2-4-9(5-3-6-33-18(19,20)21)13(29)32-11-7-27-15(23)24-10(8-28)12-16(27,17(11,30)31)26-14(22)25-12/h2-5,10-12,28,30-31H,1,6-8H2,(H2,23,24)(H3,22,25,26)/b5-3-,9-4+/t10-,11-,12?,16-/m0/s1. The molecule has 0 amide bonds. The van der Waals surface area contributed by atoms with Crippen LogP contribution in [0.4, 0.5) is 13.2 Å². The summed E-state index contributed by atoms with van der Waals surface area (Å²) in [6.45, 7) is 2.57. The van der Waals surface area contributed by atoms with Gasteiger partial charge in [-0.15, -0.1) is 0 Å². The summed E-state index contributed by atoms with van der Waals surface area (Å²) in [7, 11) is 0. The molecule has 182 valence electrons. The molecule has 3 rings (SSSR count). The second-order valence-corrected chi connectivity index (χ2v) is 8.50. The zero-order chi connectivity index (χ0) is 24.6. The second kappa shape index (κ2) is 8.89. The first-order valence-corrected chi connectivity index (χ1v) is 10.6. The van der Waals surface area contributed by atoms with E-state index in [0.29, 0.717) is 0 Å². The molecule has 33 heavy (non-hydrogen) atoms. The molecule has 0 aromatic rings. The fraction of sp³-hybridized carbons (Fsp3) is 0.500. The van der Waals surface area contributed by atoms with E-state index in [2.05, 4.69) is 22.5 Å². The summed E-state index contributed by atoms with van der Waals surface area (Å²) < 4.78 is 42.2. The van der Waals surface area contributed by atoms with Gasteiger partial charge in [0.1, 0.15) is 0 Å². The number of carbonyl (C=O) groups excluding carboxylic acids is 1. The van der Waals surface area contributed by atoms with Crippen molar-refractivity contribution in [1.29, 1.82) is 10.8 Å². The number of nitrogens with zero attached hydrogens (tertiary/aromatic N) is 1. The van der Waals surface area contributed by atoms with E-state index < -0.39 is 53.5 Å². The highest BCUT2D eigenvalue weighted by molar-refractivity contribution is 8.00. The van der Waals surface area contributed by atoms with Crippen LogP contribution in [0.5, 0.6) is 0 Å². The molecular weight excluding hydrogens is 469 g/mol. The van der Waals surface area contributed by atoms with E-state index in [-0.39, 0.29) is 35.8 Å². The highest BCUT2D eigenvalue weighted by Crippen LogP contribution is 2.44. The minimum absolute atomic E-state index is 0.186. The van der Waals surface area contributed by atoms with Crippen LogP contribution in [-0.2, 0) is 9.53 Å². The number of thioether (sulfide) groups is 1. The van der Waals surface area contributed by atoms with Crippen molar-refractivity contribution >= 4 is 29.7 Å². The molecule has 0 saturated carbocycles. The van der Waals surface area contributed by atoms with Crippen LogP contribution in [0.2, 0.25) is 0 Å². The Balaban J connectivity index is 1.83. The zero-order valence-electron chi connectivity index (χ0n) is 17.0. The molecule has 0 aromatic heterocycles. The SMILES string of the molecule is C=C/C=C(\C=C/CSC(F)(F)F)C(=O)O[C@H]1CN2C(=N)N[C@@H](CO)C3NC(=N)N[C@@]32C1(O)O. The number of esters is 1. The number of aliphatic hydroxyl groups excluding tert-OH is 1. The normalized spacial score (nSPS) is 30.9. The number of carbonyl (C=O) groups is 1. The Morgan fingerprint density at radius 3 is 2.67 bits per heavy atom. The Morgan fingerprint density at radius 2 is 2.06 bits per heavy atom. The smallest absolute Gasteiger partial charge is 0.442 e. The predicted octanol–water partition coefficient (Wildman–Crippen LogP) is -1.09. The molecule has 0 aliphatic carbocycles. The monoisotopic (exact) mass is 492 g/mol. The van der Waals surface area contributed by atoms with E-state index in [0.717, 1.165) is 12.2 Å². The lowest BCUT2D eigenvalue weighted by molar-refractivity contribution is -0.262. The molecular formula is C18H23F3N6O5S. The lowest BCUT2D eigenvalue weighted by Crippen LogP contribution is -2.80. The van der Waals surface area contributed by atoms with Crippen molar-refractivity contribution in [3.05, 3.63) is 36.5 Å². The summed E-state index contributed by atoms with van der Waals surface area (Å²) in [5.41, 5.74) is -6.53. The number of nitrogens with one attached hydrogen (secondary N) is 5. The first kappa shape index (κ1) is 24.9. The highest BCUT2D eigenvalue weighted by atomic mass is 32.2. The summed E-state index contributed by atoms with van der Waals surface area (Å²) in [5, 5.41) is 55.9. The van der Waals surface area contributed by atoms with Gasteiger partial charge >= 0.3 is 11.5 Å². The third-order valence-electron chi connectivity index (χ3n) is 5.46. The van der Waals surface area contributed by atoms with Crippen molar-refractivity contribution in [3.63, 3.8) is 0 Å². The summed E-state index contributed by atoms with van der Waals surface area (Å²) >= 11 is -0.301. The van der Waals surface area contributed by atoms with Gasteiger partial charge in [0.2, 0.25) is 5.79 Å². The summed E-state index contributed by atoms with van der Waals surface area (Å²) in [6, 6.07) is -1.87. The van der Waals surface area contributed by atoms with Crippen LogP contribution >= 0.6 is 11.8 Å². The molecule has 3 heterocycles. The van der Waals surface area contributed by atoms with Gasteiger partial charge in [0.05, 0.1) is 30.8 Å². The number of guanidine groups is 2. The average Bonchev–Trinajstić information content (AvgIpc) is 3.18. The molecule has 0 aromatic carbocycles. The molecule has 3 fully saturated rings. The lowest BCUT2D eigenvalue weighted by atomic mass is 9.85. The molecule has 0 bridgehead atoms. The Bertz CT molecular complexity index is 910. The fourth-order valence-electron chi connectivity index (χ4n) is 4.10. The van der Waals surface area contributed by atoms with Gasteiger partial charge in [-0.2, -0.15) is 13.2 Å². The molecule has 3 saturated heterocycles. The van der Waals surface area contributed by atoms with Gasteiger partial charge < -0.3 is 40.9 Å². The molecule has 1 spiro atoms. The van der Waals surface area contributed by atoms with E-state index in [1.54, 1.807) is 0 Å². The van der Waals surface area contributed by atoms with Crippen LogP contribution in [0.15, 0.2) is 36.5 Å². The Hall–Kier alpha value is -2.75. The van der Waals surface area contributed by atoms with Gasteiger partial charge in [-0.1, -0.05) is 24.8 Å². The van der Waals surface area contributed by atoms with E-state index in [1.807, 2.05) is 0 Å². The van der Waals surface area contributed by atoms with Gasteiger partial charge in [0.25, 0.3) is 0 Å². The van der Waals surface area contributed by atoms with E-state index in [4.69, 9.17) is 15.6 Å². The maximum atomic E-state index is 12.7. The number of alkyl halides is 3. The molecule has 15 heteroatoms. The average molecular weight is 492 g/mol. The minimum atomic E-state index is -4.44. The lowest BCUT2D eigenvalue weighted by Gasteiger charge is -2.50. The topological polar surface area (TPSA) is 174 Å². The van der Waals surface area contributed by atoms with Crippen molar-refractivity contribution in [2.24, 2.45) is 0 Å². The van der Waals surface area contributed by atoms with E-state index in [9.17, 15) is 33.3 Å². The third kappa shape index (κ3) is 4.40. The summed E-state index contributed by atoms with van der Waals surface area (Å²) in [6.07, 6.45) is 2.97. The summed E-state index contributed by atoms with van der Waals surface area (Å²) in [4.78, 5) is 13.9. The molecule has 8 N–H and O–H groups in total. The molecule has 11 nitrogen and oxygen atoms in total. The quantitative estimate of drug-likeness (QED) is 0.0944. The maximum Gasteiger partial charge on any atom is 0.442 e. The first-order chi connectivity index (χ1) is 15.4. The van der Waals surface area contributed by atoms with Crippen molar-refractivity contribution in [2.75, 3.05) is 18.9 Å². The van der Waals surface area contributed by atoms with Crippen LogP contribution in [0.25, 0.3) is 0 Å². The largest absolute Gasteiger partial charge is 0.451 e. The van der Waals surface area contributed by atoms with Crippen LogP contribution in [-0.4, -0.2) is 92.2 Å². The molecule has 4 atom stereocenters. The van der Waals surface area contributed by atoms with E-state index >= 15 is 0 Å². The Labute approximate surface area is 190 Å².